The molecule has 0 N–H and O–H groups in total. The molecule has 1 aromatic rings. The van der Waals surface area contributed by atoms with Crippen molar-refractivity contribution >= 4 is 18.4 Å². The fourth-order valence-electron chi connectivity index (χ4n) is 0.722. The standard InChI is InChI=1S/C7H8O6PS/c1-11-14(8)12-13-15(9,10)7-5-3-2-4-6-7/h2-6H,1H3/q+1. The van der Waals surface area contributed by atoms with Crippen LogP contribution >= 0.6 is 8.25 Å². The van der Waals surface area contributed by atoms with E-state index >= 15 is 0 Å². The molecule has 6 nitrogen and oxygen atoms in total. The molecule has 0 heterocycles. The van der Waals surface area contributed by atoms with Gasteiger partial charge in [-0.3, -0.25) is 0 Å². The van der Waals surface area contributed by atoms with Crippen LogP contribution in [0.25, 0.3) is 0 Å². The molecule has 15 heavy (non-hydrogen) atoms. The third-order valence-corrected chi connectivity index (χ3v) is 3.05. The van der Waals surface area contributed by atoms with Gasteiger partial charge in [-0.25, -0.2) is 0 Å². The van der Waals surface area contributed by atoms with Gasteiger partial charge in [-0.15, -0.1) is 4.52 Å². The summed E-state index contributed by atoms with van der Waals surface area (Å²) in [5, 5.41) is 0. The molecule has 0 saturated heterocycles. The van der Waals surface area contributed by atoms with Crippen molar-refractivity contribution in [3.8, 4) is 0 Å². The predicted octanol–water partition coefficient (Wildman–Crippen LogP) is 1.63. The van der Waals surface area contributed by atoms with E-state index in [2.05, 4.69) is 13.5 Å². The van der Waals surface area contributed by atoms with E-state index in [1.54, 1.807) is 6.07 Å². The monoisotopic (exact) mass is 251 g/mol. The van der Waals surface area contributed by atoms with E-state index < -0.39 is 18.4 Å². The van der Waals surface area contributed by atoms with Crippen molar-refractivity contribution in [3.63, 3.8) is 0 Å². The van der Waals surface area contributed by atoms with E-state index in [0.717, 1.165) is 7.11 Å². The van der Waals surface area contributed by atoms with Crippen molar-refractivity contribution in [2.45, 2.75) is 4.90 Å². The van der Waals surface area contributed by atoms with Crippen LogP contribution < -0.4 is 0 Å². The smallest absolute Gasteiger partial charge is 0.191 e. The highest BCUT2D eigenvalue weighted by Crippen LogP contribution is 2.25. The van der Waals surface area contributed by atoms with E-state index in [1.807, 2.05) is 0 Å². The highest BCUT2D eigenvalue weighted by atomic mass is 32.2. The molecule has 1 atom stereocenters. The van der Waals surface area contributed by atoms with Gasteiger partial charge in [0.25, 0.3) is 0 Å². The van der Waals surface area contributed by atoms with Crippen LogP contribution in [0.1, 0.15) is 0 Å². The van der Waals surface area contributed by atoms with E-state index in [1.165, 1.54) is 24.3 Å². The van der Waals surface area contributed by atoms with Gasteiger partial charge in [0.1, 0.15) is 0 Å². The lowest BCUT2D eigenvalue weighted by Gasteiger charge is -1.97. The zero-order valence-corrected chi connectivity index (χ0v) is 9.40. The number of benzene rings is 1. The normalized spacial score (nSPS) is 12.5. The Balaban J connectivity index is 2.73. The Bertz CT molecular complexity index is 428. The number of rotatable bonds is 5. The van der Waals surface area contributed by atoms with Crippen LogP contribution in [0.2, 0.25) is 0 Å². The molecule has 82 valence electrons. The van der Waals surface area contributed by atoms with E-state index in [9.17, 15) is 13.0 Å². The summed E-state index contributed by atoms with van der Waals surface area (Å²) >= 11 is 0. The van der Waals surface area contributed by atoms with Crippen molar-refractivity contribution in [3.05, 3.63) is 30.3 Å². The zero-order valence-electron chi connectivity index (χ0n) is 7.69. The SMILES string of the molecule is CO[P+](=O)OOS(=O)(=O)c1ccccc1. The average molecular weight is 251 g/mol. The molecule has 1 rings (SSSR count). The molecule has 8 heteroatoms. The first-order valence-corrected chi connectivity index (χ1v) is 6.24. The minimum atomic E-state index is -4.05. The Labute approximate surface area is 87.8 Å². The van der Waals surface area contributed by atoms with Crippen LogP contribution in [0.15, 0.2) is 35.2 Å². The van der Waals surface area contributed by atoms with Gasteiger partial charge in [-0.1, -0.05) is 22.5 Å². The lowest BCUT2D eigenvalue weighted by molar-refractivity contribution is -0.0962. The average Bonchev–Trinajstić information content (AvgIpc) is 2.27. The third-order valence-electron chi connectivity index (χ3n) is 1.36. The summed E-state index contributed by atoms with van der Waals surface area (Å²) in [6.07, 6.45) is 0. The van der Waals surface area contributed by atoms with Crippen molar-refractivity contribution in [2.24, 2.45) is 0 Å². The first kappa shape index (κ1) is 12.2. The van der Waals surface area contributed by atoms with Crippen molar-refractivity contribution in [1.29, 1.82) is 0 Å². The summed E-state index contributed by atoms with van der Waals surface area (Å²) in [5.41, 5.74) is 0. The zero-order chi connectivity index (χ0) is 11.3. The highest BCUT2D eigenvalue weighted by molar-refractivity contribution is 7.86. The molecule has 0 saturated carbocycles. The van der Waals surface area contributed by atoms with Crippen LogP contribution in [0, 0.1) is 0 Å². The molecule has 1 aromatic carbocycles. The molecule has 0 aliphatic heterocycles. The molecule has 1 unspecified atom stereocenters. The topological polar surface area (TPSA) is 78.9 Å². The summed E-state index contributed by atoms with van der Waals surface area (Å²) in [4.78, 5) is -0.0931. The fourth-order valence-corrected chi connectivity index (χ4v) is 1.87. The maximum Gasteiger partial charge on any atom is 0.729 e. The Hall–Kier alpha value is -0.850. The second kappa shape index (κ2) is 5.29. The van der Waals surface area contributed by atoms with Crippen molar-refractivity contribution in [2.75, 3.05) is 7.11 Å². The largest absolute Gasteiger partial charge is 0.729 e. The molecule has 0 bridgehead atoms. The minimum Gasteiger partial charge on any atom is -0.191 e. The number of hydrogen-bond acceptors (Lipinski definition) is 6. The summed E-state index contributed by atoms with van der Waals surface area (Å²) in [6, 6.07) is 7.33. The molecule has 0 aliphatic rings. The van der Waals surface area contributed by atoms with Crippen LogP contribution in [-0.2, 0) is 28.2 Å². The minimum absolute atomic E-state index is 0.0931. The maximum atomic E-state index is 11.3. The summed E-state index contributed by atoms with van der Waals surface area (Å²) < 4.78 is 45.5. The van der Waals surface area contributed by atoms with Gasteiger partial charge in [0.05, 0.1) is 16.7 Å². The van der Waals surface area contributed by atoms with Gasteiger partial charge in [-0.05, 0) is 12.1 Å². The highest BCUT2D eigenvalue weighted by Gasteiger charge is 2.26. The van der Waals surface area contributed by atoms with Gasteiger partial charge in [0.2, 0.25) is 0 Å². The van der Waals surface area contributed by atoms with Crippen LogP contribution in [-0.4, -0.2) is 15.5 Å². The molecule has 0 amide bonds. The van der Waals surface area contributed by atoms with Gasteiger partial charge in [0, 0.05) is 4.57 Å². The molecular formula is C7H8O6PS+. The van der Waals surface area contributed by atoms with Crippen LogP contribution in [0.5, 0.6) is 0 Å². The lowest BCUT2D eigenvalue weighted by Crippen LogP contribution is -2.04. The summed E-state index contributed by atoms with van der Waals surface area (Å²) in [5.74, 6) is 0. The summed E-state index contributed by atoms with van der Waals surface area (Å²) in [6.45, 7) is 0. The Kier molecular flexibility index (Phi) is 4.31. The van der Waals surface area contributed by atoms with E-state index in [4.69, 9.17) is 0 Å². The maximum absolute atomic E-state index is 11.3. The van der Waals surface area contributed by atoms with Gasteiger partial charge < -0.3 is 0 Å². The fraction of sp³-hybridized carbons (Fsp3) is 0.143. The van der Waals surface area contributed by atoms with Crippen molar-refractivity contribution in [1.82, 2.24) is 0 Å². The molecular weight excluding hydrogens is 243 g/mol. The first-order valence-electron chi connectivity index (χ1n) is 3.74. The summed E-state index contributed by atoms with van der Waals surface area (Å²) in [7, 11) is -5.54. The first-order chi connectivity index (χ1) is 7.06. The molecule has 0 aliphatic carbocycles. The van der Waals surface area contributed by atoms with Crippen LogP contribution in [0.3, 0.4) is 0 Å². The van der Waals surface area contributed by atoms with Gasteiger partial charge in [0.15, 0.2) is 0 Å². The Morgan fingerprint density at radius 3 is 2.33 bits per heavy atom. The molecule has 0 aromatic heterocycles. The third kappa shape index (κ3) is 3.65. The second-order valence-corrected chi connectivity index (χ2v) is 4.79. The van der Waals surface area contributed by atoms with Crippen molar-refractivity contribution < 1.29 is 26.5 Å². The quantitative estimate of drug-likeness (QED) is 0.449. The van der Waals surface area contributed by atoms with E-state index in [0.29, 0.717) is 0 Å². The Morgan fingerprint density at radius 2 is 1.80 bits per heavy atom. The molecule has 0 fully saturated rings. The number of hydrogen-bond donors (Lipinski definition) is 0. The Morgan fingerprint density at radius 1 is 1.20 bits per heavy atom. The van der Waals surface area contributed by atoms with Gasteiger partial charge >= 0.3 is 18.4 Å². The molecule has 0 spiro atoms. The molecule has 0 radical (unpaired) electrons. The van der Waals surface area contributed by atoms with Gasteiger partial charge in [-0.2, -0.15) is 8.42 Å². The van der Waals surface area contributed by atoms with Crippen LogP contribution in [0.4, 0.5) is 0 Å². The second-order valence-electron chi connectivity index (χ2n) is 2.32. The predicted molar refractivity (Wildman–Crippen MR) is 50.4 cm³/mol. The lowest BCUT2D eigenvalue weighted by atomic mass is 10.4. The van der Waals surface area contributed by atoms with E-state index in [-0.39, 0.29) is 4.90 Å².